The molecule has 2 aromatic carbocycles. The zero-order chi connectivity index (χ0) is 18.8. The second-order valence-corrected chi connectivity index (χ2v) is 6.85. The van der Waals surface area contributed by atoms with Gasteiger partial charge < -0.3 is 14.4 Å². The number of pyridine rings is 1. The maximum atomic E-state index is 13.0. The molecule has 1 aromatic heterocycles. The molecule has 0 spiro atoms. The van der Waals surface area contributed by atoms with Gasteiger partial charge in [0, 0.05) is 25.2 Å². The number of hydrogen-bond acceptors (Lipinski definition) is 4. The number of amides is 1. The Balaban J connectivity index is 1.51. The summed E-state index contributed by atoms with van der Waals surface area (Å²) in [5.74, 6) is 1.35. The van der Waals surface area contributed by atoms with Crippen LogP contribution in [0.3, 0.4) is 0 Å². The molecule has 0 saturated carbocycles. The van der Waals surface area contributed by atoms with Crippen LogP contribution in [-0.2, 0) is 17.8 Å². The number of carbonyl (C=O) groups is 1. The van der Waals surface area contributed by atoms with Gasteiger partial charge in [0.15, 0.2) is 11.5 Å². The van der Waals surface area contributed by atoms with Crippen molar-refractivity contribution in [2.24, 2.45) is 5.92 Å². The third kappa shape index (κ3) is 3.33. The Labute approximate surface area is 158 Å². The van der Waals surface area contributed by atoms with Crippen molar-refractivity contribution in [3.05, 3.63) is 65.9 Å². The van der Waals surface area contributed by atoms with Gasteiger partial charge in [-0.25, -0.2) is 0 Å². The molecule has 0 unspecified atom stereocenters. The summed E-state index contributed by atoms with van der Waals surface area (Å²) in [5, 5.41) is 1.08. The summed E-state index contributed by atoms with van der Waals surface area (Å²) < 4.78 is 11.2. The van der Waals surface area contributed by atoms with Gasteiger partial charge in [-0.15, -0.1) is 0 Å². The minimum Gasteiger partial charge on any atom is -0.493 e. The molecule has 138 valence electrons. The van der Waals surface area contributed by atoms with Crippen LogP contribution >= 0.6 is 0 Å². The zero-order valence-electron chi connectivity index (χ0n) is 15.5. The molecule has 1 aliphatic rings. The van der Waals surface area contributed by atoms with Crippen molar-refractivity contribution in [2.75, 3.05) is 20.8 Å². The lowest BCUT2D eigenvalue weighted by Crippen LogP contribution is -2.38. The smallest absolute Gasteiger partial charge is 0.229 e. The van der Waals surface area contributed by atoms with Crippen LogP contribution in [0.4, 0.5) is 0 Å². The van der Waals surface area contributed by atoms with E-state index in [1.165, 1.54) is 0 Å². The Morgan fingerprint density at radius 3 is 2.89 bits per heavy atom. The standard InChI is InChI=1S/C22H22N2O3/c1-24(13-17-8-3-6-15-9-5-11-23-20(15)17)22(25)18-12-16-7-4-10-19(26-2)21(16)27-14-18/h3-11,18H,12-14H2,1-2H3/t18-/m1/s1. The van der Waals surface area contributed by atoms with Crippen LogP contribution in [-0.4, -0.2) is 36.6 Å². The molecule has 5 nitrogen and oxygen atoms in total. The highest BCUT2D eigenvalue weighted by atomic mass is 16.5. The maximum absolute atomic E-state index is 13.0. The fourth-order valence-corrected chi connectivity index (χ4v) is 3.65. The Bertz CT molecular complexity index is 981. The van der Waals surface area contributed by atoms with E-state index in [0.717, 1.165) is 27.8 Å². The first kappa shape index (κ1) is 17.3. The predicted octanol–water partition coefficient (Wildman–Crippen LogP) is 3.45. The SMILES string of the molecule is COc1cccc2c1OC[C@H](C(=O)N(C)Cc1cccc3cccnc13)C2. The van der Waals surface area contributed by atoms with Gasteiger partial charge in [-0.2, -0.15) is 0 Å². The summed E-state index contributed by atoms with van der Waals surface area (Å²) in [6, 6.07) is 15.8. The van der Waals surface area contributed by atoms with Gasteiger partial charge in [0.1, 0.15) is 6.61 Å². The normalized spacial score (nSPS) is 15.7. The third-order valence-electron chi connectivity index (χ3n) is 5.02. The molecule has 0 N–H and O–H groups in total. The van der Waals surface area contributed by atoms with Crippen molar-refractivity contribution in [3.8, 4) is 11.5 Å². The monoisotopic (exact) mass is 362 g/mol. The molecule has 0 radical (unpaired) electrons. The number of ether oxygens (including phenoxy) is 2. The number of carbonyl (C=O) groups excluding carboxylic acids is 1. The average Bonchev–Trinajstić information content (AvgIpc) is 2.72. The van der Waals surface area contributed by atoms with Crippen LogP contribution < -0.4 is 9.47 Å². The second-order valence-electron chi connectivity index (χ2n) is 6.85. The first-order valence-electron chi connectivity index (χ1n) is 9.03. The number of nitrogens with zero attached hydrogens (tertiary/aromatic N) is 2. The minimum atomic E-state index is -0.197. The molecule has 1 amide bonds. The summed E-state index contributed by atoms with van der Waals surface area (Å²) in [5.41, 5.74) is 3.00. The van der Waals surface area contributed by atoms with E-state index in [2.05, 4.69) is 4.98 Å². The summed E-state index contributed by atoms with van der Waals surface area (Å²) in [6.07, 6.45) is 2.44. The topological polar surface area (TPSA) is 51.7 Å². The quantitative estimate of drug-likeness (QED) is 0.713. The molecular formula is C22H22N2O3. The van der Waals surface area contributed by atoms with E-state index in [1.807, 2.05) is 55.6 Å². The fraction of sp³-hybridized carbons (Fsp3) is 0.273. The van der Waals surface area contributed by atoms with E-state index in [4.69, 9.17) is 9.47 Å². The highest BCUT2D eigenvalue weighted by molar-refractivity contribution is 5.83. The summed E-state index contributed by atoms with van der Waals surface area (Å²) in [4.78, 5) is 19.2. The largest absolute Gasteiger partial charge is 0.493 e. The molecule has 1 aliphatic heterocycles. The molecule has 0 saturated heterocycles. The van der Waals surface area contributed by atoms with Gasteiger partial charge >= 0.3 is 0 Å². The first-order valence-corrected chi connectivity index (χ1v) is 9.03. The highest BCUT2D eigenvalue weighted by Crippen LogP contribution is 2.36. The molecule has 1 atom stereocenters. The molecule has 0 aliphatic carbocycles. The van der Waals surface area contributed by atoms with E-state index in [0.29, 0.717) is 25.3 Å². The minimum absolute atomic E-state index is 0.0800. The van der Waals surface area contributed by atoms with Gasteiger partial charge in [0.2, 0.25) is 5.91 Å². The van der Waals surface area contributed by atoms with Crippen molar-refractivity contribution < 1.29 is 14.3 Å². The lowest BCUT2D eigenvalue weighted by molar-refractivity contribution is -0.136. The number of para-hydroxylation sites is 2. The van der Waals surface area contributed by atoms with Gasteiger partial charge in [0.05, 0.1) is 18.5 Å². The molecule has 0 fully saturated rings. The van der Waals surface area contributed by atoms with Gasteiger partial charge in [-0.1, -0.05) is 36.4 Å². The molecular weight excluding hydrogens is 340 g/mol. The lowest BCUT2D eigenvalue weighted by atomic mass is 9.95. The number of aromatic nitrogens is 1. The number of fused-ring (bicyclic) bond motifs is 2. The number of methoxy groups -OCH3 is 1. The van der Waals surface area contributed by atoms with Crippen LogP contribution in [0.2, 0.25) is 0 Å². The fourth-order valence-electron chi connectivity index (χ4n) is 3.65. The Kier molecular flexibility index (Phi) is 4.67. The van der Waals surface area contributed by atoms with Crippen LogP contribution in [0.25, 0.3) is 10.9 Å². The van der Waals surface area contributed by atoms with Gasteiger partial charge in [-0.05, 0) is 29.7 Å². The zero-order valence-corrected chi connectivity index (χ0v) is 15.5. The van der Waals surface area contributed by atoms with Crippen LogP contribution in [0, 0.1) is 5.92 Å². The van der Waals surface area contributed by atoms with E-state index >= 15 is 0 Å². The second kappa shape index (κ2) is 7.27. The van der Waals surface area contributed by atoms with E-state index < -0.39 is 0 Å². The van der Waals surface area contributed by atoms with E-state index in [1.54, 1.807) is 18.2 Å². The average molecular weight is 362 g/mol. The van der Waals surface area contributed by atoms with Crippen molar-refractivity contribution in [1.29, 1.82) is 0 Å². The van der Waals surface area contributed by atoms with Crippen molar-refractivity contribution in [1.82, 2.24) is 9.88 Å². The number of benzene rings is 2. The molecule has 3 aromatic rings. The molecule has 0 bridgehead atoms. The first-order chi connectivity index (χ1) is 13.2. The summed E-state index contributed by atoms with van der Waals surface area (Å²) in [7, 11) is 3.47. The van der Waals surface area contributed by atoms with E-state index in [-0.39, 0.29) is 11.8 Å². The summed E-state index contributed by atoms with van der Waals surface area (Å²) in [6.45, 7) is 0.888. The molecule has 27 heavy (non-hydrogen) atoms. The van der Waals surface area contributed by atoms with Crippen molar-refractivity contribution in [3.63, 3.8) is 0 Å². The molecule has 2 heterocycles. The summed E-state index contributed by atoms with van der Waals surface area (Å²) >= 11 is 0. The molecule has 5 heteroatoms. The Hall–Kier alpha value is -3.08. The maximum Gasteiger partial charge on any atom is 0.229 e. The van der Waals surface area contributed by atoms with Gasteiger partial charge in [-0.3, -0.25) is 9.78 Å². The van der Waals surface area contributed by atoms with Gasteiger partial charge in [0.25, 0.3) is 0 Å². The van der Waals surface area contributed by atoms with Crippen molar-refractivity contribution in [2.45, 2.75) is 13.0 Å². The lowest BCUT2D eigenvalue weighted by Gasteiger charge is -2.29. The van der Waals surface area contributed by atoms with Crippen LogP contribution in [0.5, 0.6) is 11.5 Å². The van der Waals surface area contributed by atoms with Crippen LogP contribution in [0.1, 0.15) is 11.1 Å². The predicted molar refractivity (Wildman–Crippen MR) is 104 cm³/mol. The Morgan fingerprint density at radius 1 is 1.22 bits per heavy atom. The highest BCUT2D eigenvalue weighted by Gasteiger charge is 2.30. The third-order valence-corrected chi connectivity index (χ3v) is 5.02. The Morgan fingerprint density at radius 2 is 2.04 bits per heavy atom. The number of hydrogen-bond donors (Lipinski definition) is 0. The van der Waals surface area contributed by atoms with Crippen molar-refractivity contribution >= 4 is 16.8 Å². The number of rotatable bonds is 4. The van der Waals surface area contributed by atoms with Crippen LogP contribution in [0.15, 0.2) is 54.7 Å². The van der Waals surface area contributed by atoms with E-state index in [9.17, 15) is 4.79 Å². The molecule has 4 rings (SSSR count).